The minimum Gasteiger partial charge on any atom is -0.451 e. The monoisotopic (exact) mass is 609 g/mol. The number of alkyl halides is 3. The Bertz CT molecular complexity index is 1650. The van der Waals surface area contributed by atoms with Crippen molar-refractivity contribution in [3.63, 3.8) is 0 Å². The minimum absolute atomic E-state index is 0.00471. The van der Waals surface area contributed by atoms with Gasteiger partial charge in [-0.3, -0.25) is 14.4 Å². The number of halogens is 6. The number of rotatable bonds is 9. The molecule has 220 valence electrons. The van der Waals surface area contributed by atoms with Crippen molar-refractivity contribution in [1.82, 2.24) is 19.9 Å². The van der Waals surface area contributed by atoms with Crippen molar-refractivity contribution in [3.05, 3.63) is 99.6 Å². The lowest BCUT2D eigenvalue weighted by molar-refractivity contribution is -0.137. The van der Waals surface area contributed by atoms with Crippen molar-refractivity contribution in [1.29, 1.82) is 0 Å². The smallest absolute Gasteiger partial charge is 0.416 e. The van der Waals surface area contributed by atoms with Crippen LogP contribution in [0.25, 0.3) is 0 Å². The molecule has 2 heterocycles. The quantitative estimate of drug-likeness (QED) is 0.234. The second-order valence-corrected chi connectivity index (χ2v) is 9.60. The van der Waals surface area contributed by atoms with E-state index in [9.17, 15) is 36.3 Å². The summed E-state index contributed by atoms with van der Waals surface area (Å²) in [7, 11) is 0. The molecule has 4 aromatic rings. The molecule has 0 saturated heterocycles. The van der Waals surface area contributed by atoms with Crippen molar-refractivity contribution in [2.45, 2.75) is 39.0 Å². The Balaban J connectivity index is 1.83. The Morgan fingerprint density at radius 3 is 2.45 bits per heavy atom. The van der Waals surface area contributed by atoms with Crippen molar-refractivity contribution in [3.8, 4) is 0 Å². The van der Waals surface area contributed by atoms with Crippen molar-refractivity contribution < 1.29 is 40.8 Å². The molecule has 2 N–H and O–H groups in total. The first-order valence-electron chi connectivity index (χ1n) is 12.1. The number of nitrogens with zero attached hydrogens (tertiary/aromatic N) is 3. The highest BCUT2D eigenvalue weighted by Gasteiger charge is 2.33. The van der Waals surface area contributed by atoms with E-state index in [0.29, 0.717) is 17.8 Å². The number of aromatic nitrogens is 3. The zero-order chi connectivity index (χ0) is 30.8. The number of ketones is 1. The average Bonchev–Trinajstić information content (AvgIpc) is 3.55. The maximum absolute atomic E-state index is 14.2. The highest BCUT2D eigenvalue weighted by Crippen LogP contribution is 2.36. The fourth-order valence-corrected chi connectivity index (χ4v) is 4.47. The first kappa shape index (κ1) is 30.4. The fraction of sp³-hybridized carbons (Fsp3) is 0.222. The van der Waals surface area contributed by atoms with Crippen LogP contribution in [0.1, 0.15) is 63.3 Å². The van der Waals surface area contributed by atoms with Crippen molar-refractivity contribution in [2.75, 3.05) is 5.32 Å². The topological polar surface area (TPSA) is 119 Å². The van der Waals surface area contributed by atoms with Crippen molar-refractivity contribution in [2.24, 2.45) is 0 Å². The molecule has 2 amide bonds. The van der Waals surface area contributed by atoms with Gasteiger partial charge in [0.25, 0.3) is 11.8 Å². The summed E-state index contributed by atoms with van der Waals surface area (Å²) in [5.74, 6) is -6.06. The number of hydrogen-bond acceptors (Lipinski definition) is 6. The van der Waals surface area contributed by atoms with Crippen LogP contribution in [-0.4, -0.2) is 32.1 Å². The second-order valence-electron chi connectivity index (χ2n) is 9.19. The standard InChI is InChI=1S/C27H21ClF5N5O4/c1-13(39)10-38-22(14(2)20-8-17(29)3-4-21(20)28)23(36-24(38)26(41)34-9-19-11-42-12-35-19)37-25(40)15-5-16(27(31,32)33)7-18(30)6-15/h3-8,11-12,14H,9-10H2,1-2H3,(H,34,41)(H,37,40)/t14-/m0/s1. The van der Waals surface area contributed by atoms with Gasteiger partial charge in [0.15, 0.2) is 12.2 Å². The van der Waals surface area contributed by atoms with Crippen LogP contribution in [0.15, 0.2) is 53.5 Å². The summed E-state index contributed by atoms with van der Waals surface area (Å²) in [6.07, 6.45) is -2.52. The third kappa shape index (κ3) is 6.82. The van der Waals surface area contributed by atoms with Gasteiger partial charge in [0.2, 0.25) is 5.82 Å². The van der Waals surface area contributed by atoms with Crippen LogP contribution in [-0.2, 0) is 24.1 Å². The van der Waals surface area contributed by atoms with E-state index in [1.807, 2.05) is 0 Å². The van der Waals surface area contributed by atoms with Crippen LogP contribution >= 0.6 is 11.6 Å². The van der Waals surface area contributed by atoms with E-state index in [1.54, 1.807) is 0 Å². The zero-order valence-corrected chi connectivity index (χ0v) is 22.6. The highest BCUT2D eigenvalue weighted by atomic mass is 35.5. The highest BCUT2D eigenvalue weighted by molar-refractivity contribution is 6.31. The first-order valence-corrected chi connectivity index (χ1v) is 12.5. The van der Waals surface area contributed by atoms with Crippen LogP contribution in [0.5, 0.6) is 0 Å². The van der Waals surface area contributed by atoms with E-state index in [4.69, 9.17) is 16.0 Å². The normalized spacial score (nSPS) is 12.2. The summed E-state index contributed by atoms with van der Waals surface area (Å²) in [6.45, 7) is 2.23. The lowest BCUT2D eigenvalue weighted by Gasteiger charge is -2.19. The predicted molar refractivity (Wildman–Crippen MR) is 139 cm³/mol. The number of imidazole rings is 1. The summed E-state index contributed by atoms with van der Waals surface area (Å²) in [4.78, 5) is 46.6. The molecule has 0 bridgehead atoms. The molecule has 2 aromatic carbocycles. The van der Waals surface area contributed by atoms with E-state index in [0.717, 1.165) is 18.5 Å². The van der Waals surface area contributed by atoms with Gasteiger partial charge in [-0.15, -0.1) is 0 Å². The number of Topliss-reactive ketones (excluding diaryl/α,β-unsaturated/α-hetero) is 1. The second kappa shape index (κ2) is 12.1. The lowest BCUT2D eigenvalue weighted by atomic mass is 9.96. The third-order valence-electron chi connectivity index (χ3n) is 6.06. The van der Waals surface area contributed by atoms with E-state index in [2.05, 4.69) is 20.6 Å². The number of hydrogen-bond donors (Lipinski definition) is 2. The Hall–Kier alpha value is -4.59. The lowest BCUT2D eigenvalue weighted by Crippen LogP contribution is -2.28. The number of carbonyl (C=O) groups is 3. The molecule has 1 atom stereocenters. The molecular weight excluding hydrogens is 589 g/mol. The van der Waals surface area contributed by atoms with E-state index < -0.39 is 59.0 Å². The molecule has 42 heavy (non-hydrogen) atoms. The maximum atomic E-state index is 14.2. The van der Waals surface area contributed by atoms with Gasteiger partial charge in [-0.25, -0.2) is 18.7 Å². The molecule has 0 fully saturated rings. The molecule has 2 aromatic heterocycles. The molecule has 0 saturated carbocycles. The minimum atomic E-state index is -4.94. The van der Waals surface area contributed by atoms with E-state index in [-0.39, 0.29) is 40.5 Å². The Kier molecular flexibility index (Phi) is 8.75. The van der Waals surface area contributed by atoms with Crippen LogP contribution in [0.2, 0.25) is 5.02 Å². The number of oxazole rings is 1. The molecule has 0 aliphatic heterocycles. The van der Waals surface area contributed by atoms with Gasteiger partial charge in [0.1, 0.15) is 23.7 Å². The number of carbonyl (C=O) groups excluding carboxylic acids is 3. The molecule has 0 radical (unpaired) electrons. The number of anilines is 1. The maximum Gasteiger partial charge on any atom is 0.416 e. The van der Waals surface area contributed by atoms with Gasteiger partial charge in [-0.1, -0.05) is 18.5 Å². The SMILES string of the molecule is CC(=O)Cn1c(C(=O)NCc2cocn2)nc(NC(=O)c2cc(F)cc(C(F)(F)F)c2)c1[C@@H](C)c1cc(F)ccc1Cl. The number of amides is 2. The molecule has 9 nitrogen and oxygen atoms in total. The number of benzene rings is 2. The van der Waals surface area contributed by atoms with Crippen LogP contribution < -0.4 is 10.6 Å². The molecule has 4 rings (SSSR count). The summed E-state index contributed by atoms with van der Waals surface area (Å²) in [5, 5.41) is 4.96. The van der Waals surface area contributed by atoms with E-state index >= 15 is 0 Å². The van der Waals surface area contributed by atoms with Gasteiger partial charge in [0.05, 0.1) is 30.0 Å². The van der Waals surface area contributed by atoms with Crippen LogP contribution in [0, 0.1) is 11.6 Å². The van der Waals surface area contributed by atoms with Crippen molar-refractivity contribution >= 4 is 35.0 Å². The molecule has 0 aliphatic carbocycles. The summed E-state index contributed by atoms with van der Waals surface area (Å²) >= 11 is 6.31. The summed E-state index contributed by atoms with van der Waals surface area (Å²) < 4.78 is 74.1. The summed E-state index contributed by atoms with van der Waals surface area (Å²) in [6, 6.07) is 4.77. The van der Waals surface area contributed by atoms with Gasteiger partial charge in [-0.2, -0.15) is 13.2 Å². The molecule has 0 unspecified atom stereocenters. The third-order valence-corrected chi connectivity index (χ3v) is 6.40. The molecule has 0 aliphatic rings. The van der Waals surface area contributed by atoms with Crippen LogP contribution in [0.3, 0.4) is 0 Å². The van der Waals surface area contributed by atoms with Gasteiger partial charge in [-0.05, 0) is 48.9 Å². The van der Waals surface area contributed by atoms with Gasteiger partial charge in [0, 0.05) is 16.5 Å². The zero-order valence-electron chi connectivity index (χ0n) is 21.9. The van der Waals surface area contributed by atoms with Crippen LogP contribution in [0.4, 0.5) is 27.8 Å². The Morgan fingerprint density at radius 1 is 1.07 bits per heavy atom. The van der Waals surface area contributed by atoms with Gasteiger partial charge < -0.3 is 19.6 Å². The molecule has 0 spiro atoms. The fourth-order valence-electron chi connectivity index (χ4n) is 4.18. The number of nitrogens with one attached hydrogen (secondary N) is 2. The largest absolute Gasteiger partial charge is 0.451 e. The van der Waals surface area contributed by atoms with E-state index in [1.165, 1.54) is 30.7 Å². The molecular formula is C27H21ClF5N5O4. The van der Waals surface area contributed by atoms with Gasteiger partial charge >= 0.3 is 6.18 Å². The molecule has 15 heteroatoms. The predicted octanol–water partition coefficient (Wildman–Crippen LogP) is 5.74. The Morgan fingerprint density at radius 2 is 1.81 bits per heavy atom. The summed E-state index contributed by atoms with van der Waals surface area (Å²) in [5.41, 5.74) is -1.54. The average molecular weight is 610 g/mol. The Labute approximate surface area is 239 Å². The first-order chi connectivity index (χ1) is 19.7.